The second-order valence-electron chi connectivity index (χ2n) is 9.22. The maximum absolute atomic E-state index is 13.6. The Morgan fingerprint density at radius 3 is 1.27 bits per heavy atom. The number of aromatic nitrogens is 4. The van der Waals surface area contributed by atoms with E-state index in [1.165, 1.54) is 9.35 Å². The minimum atomic E-state index is -0.301. The van der Waals surface area contributed by atoms with Gasteiger partial charge in [0.1, 0.15) is 23.1 Å². The molecule has 6 rings (SSSR count). The molecule has 0 unspecified atom stereocenters. The van der Waals surface area contributed by atoms with Gasteiger partial charge < -0.3 is 0 Å². The first kappa shape index (κ1) is 24.8. The molecule has 0 saturated heterocycles. The van der Waals surface area contributed by atoms with Crippen molar-refractivity contribution in [2.75, 3.05) is 0 Å². The van der Waals surface area contributed by atoms with Crippen LogP contribution in [0.1, 0.15) is 22.8 Å². The van der Waals surface area contributed by atoms with Gasteiger partial charge in [-0.2, -0.15) is 19.6 Å². The van der Waals surface area contributed by atoms with Crippen LogP contribution in [0.25, 0.3) is 21.8 Å². The highest BCUT2D eigenvalue weighted by Gasteiger charge is 2.19. The van der Waals surface area contributed by atoms with Crippen molar-refractivity contribution in [3.8, 4) is 0 Å². The largest absolute Gasteiger partial charge is 0.282 e. The highest BCUT2D eigenvalue weighted by Crippen LogP contribution is 2.15. The molecule has 0 spiro atoms. The predicted molar refractivity (Wildman–Crippen MR) is 158 cm³/mol. The van der Waals surface area contributed by atoms with Crippen molar-refractivity contribution in [3.63, 3.8) is 0 Å². The number of hydrogen-bond acceptors (Lipinski definition) is 6. The lowest BCUT2D eigenvalue weighted by molar-refractivity contribution is 0.761. The summed E-state index contributed by atoms with van der Waals surface area (Å²) in [7, 11) is 0. The second kappa shape index (κ2) is 10.3. The van der Waals surface area contributed by atoms with Gasteiger partial charge in [-0.05, 0) is 38.1 Å². The molecule has 4 aromatic carbocycles. The molecule has 0 saturated carbocycles. The van der Waals surface area contributed by atoms with Crippen molar-refractivity contribution in [3.05, 3.63) is 153 Å². The maximum Gasteiger partial charge on any atom is 0.282 e. The minimum Gasteiger partial charge on any atom is -0.267 e. The zero-order chi connectivity index (χ0) is 27.6. The Labute approximate surface area is 229 Å². The van der Waals surface area contributed by atoms with E-state index < -0.39 is 0 Å². The van der Waals surface area contributed by atoms with Gasteiger partial charge in [-0.1, -0.05) is 84.9 Å². The summed E-state index contributed by atoms with van der Waals surface area (Å²) in [6.45, 7) is 3.47. The van der Waals surface area contributed by atoms with E-state index in [4.69, 9.17) is 10.2 Å². The normalized spacial score (nSPS) is 12.2. The molecule has 40 heavy (non-hydrogen) atoms. The lowest BCUT2D eigenvalue weighted by atomic mass is 10.00. The van der Waals surface area contributed by atoms with Gasteiger partial charge in [0, 0.05) is 11.1 Å². The topological polar surface area (TPSA) is 94.5 Å². The van der Waals surface area contributed by atoms with Gasteiger partial charge in [0.25, 0.3) is 11.1 Å². The number of aryl methyl sites for hydroxylation is 2. The van der Waals surface area contributed by atoms with Crippen molar-refractivity contribution >= 4 is 33.2 Å². The fourth-order valence-electron chi connectivity index (χ4n) is 4.58. The Morgan fingerprint density at radius 2 is 0.875 bits per heavy atom. The summed E-state index contributed by atoms with van der Waals surface area (Å²) in [6.07, 6.45) is 0. The maximum atomic E-state index is 13.6. The highest BCUT2D eigenvalue weighted by atomic mass is 16.1. The SMILES string of the molecule is Cc1nc2ccccc2c(=O)n1N=C(C(=Nn1c(C)nc2ccccc2c1=O)c1ccccc1)c1ccccc1. The van der Waals surface area contributed by atoms with Gasteiger partial charge in [-0.3, -0.25) is 9.59 Å². The fourth-order valence-corrected chi connectivity index (χ4v) is 4.58. The van der Waals surface area contributed by atoms with Crippen LogP contribution in [0.2, 0.25) is 0 Å². The van der Waals surface area contributed by atoms with Crippen molar-refractivity contribution in [2.45, 2.75) is 13.8 Å². The number of benzene rings is 4. The molecule has 0 fully saturated rings. The number of rotatable bonds is 5. The van der Waals surface area contributed by atoms with Crippen molar-refractivity contribution in [1.82, 2.24) is 19.3 Å². The van der Waals surface area contributed by atoms with Crippen LogP contribution in [-0.4, -0.2) is 30.7 Å². The van der Waals surface area contributed by atoms with E-state index in [0.717, 1.165) is 0 Å². The number of nitrogens with zero attached hydrogens (tertiary/aromatic N) is 6. The first-order valence-electron chi connectivity index (χ1n) is 12.8. The molecular formula is C32H24N6O2. The summed E-state index contributed by atoms with van der Waals surface area (Å²) in [5, 5.41) is 10.6. The Morgan fingerprint density at radius 1 is 0.525 bits per heavy atom. The molecule has 8 nitrogen and oxygen atoms in total. The van der Waals surface area contributed by atoms with Crippen LogP contribution in [0.15, 0.2) is 129 Å². The van der Waals surface area contributed by atoms with Gasteiger partial charge in [-0.15, -0.1) is 0 Å². The van der Waals surface area contributed by atoms with E-state index in [-0.39, 0.29) is 11.1 Å². The number of hydrogen-bond donors (Lipinski definition) is 0. The smallest absolute Gasteiger partial charge is 0.267 e. The average Bonchev–Trinajstić information content (AvgIpc) is 2.99. The quantitative estimate of drug-likeness (QED) is 0.299. The fraction of sp³-hybridized carbons (Fsp3) is 0.0625. The molecule has 0 aliphatic carbocycles. The molecule has 0 aliphatic heterocycles. The van der Waals surface area contributed by atoms with Crippen LogP contribution >= 0.6 is 0 Å². The molecule has 0 bridgehead atoms. The van der Waals surface area contributed by atoms with E-state index in [1.54, 1.807) is 50.2 Å². The molecule has 0 aliphatic rings. The Hall–Kier alpha value is -5.50. The third-order valence-electron chi connectivity index (χ3n) is 6.55. The van der Waals surface area contributed by atoms with Gasteiger partial charge in [0.15, 0.2) is 0 Å². The van der Waals surface area contributed by atoms with E-state index in [0.29, 0.717) is 56.0 Å². The minimum absolute atomic E-state index is 0.301. The molecule has 2 aromatic heterocycles. The molecule has 0 N–H and O–H groups in total. The summed E-state index contributed by atoms with van der Waals surface area (Å²) in [4.78, 5) is 36.4. The van der Waals surface area contributed by atoms with Gasteiger partial charge in [0.05, 0.1) is 21.8 Å². The van der Waals surface area contributed by atoms with Crippen LogP contribution in [0.3, 0.4) is 0 Å². The highest BCUT2D eigenvalue weighted by molar-refractivity contribution is 6.53. The van der Waals surface area contributed by atoms with Crippen LogP contribution in [0.5, 0.6) is 0 Å². The molecule has 194 valence electrons. The summed E-state index contributed by atoms with van der Waals surface area (Å²) in [5.41, 5.74) is 2.81. The van der Waals surface area contributed by atoms with Gasteiger partial charge in [0.2, 0.25) is 0 Å². The number of para-hydroxylation sites is 2. The first-order chi connectivity index (χ1) is 19.5. The lowest BCUT2D eigenvalue weighted by Gasteiger charge is -2.14. The summed E-state index contributed by atoms with van der Waals surface area (Å²) in [6, 6.07) is 33.2. The first-order valence-corrected chi connectivity index (χ1v) is 12.8. The van der Waals surface area contributed by atoms with Crippen molar-refractivity contribution < 1.29 is 0 Å². The molecule has 0 radical (unpaired) electrons. The zero-order valence-corrected chi connectivity index (χ0v) is 21.9. The van der Waals surface area contributed by atoms with Crippen molar-refractivity contribution in [2.24, 2.45) is 10.2 Å². The van der Waals surface area contributed by atoms with Crippen LogP contribution < -0.4 is 11.1 Å². The Bertz CT molecular complexity index is 1910. The Balaban J connectivity index is 1.69. The van der Waals surface area contributed by atoms with Crippen LogP contribution in [0, 0.1) is 13.8 Å². The summed E-state index contributed by atoms with van der Waals surface area (Å²) < 4.78 is 2.58. The Kier molecular flexibility index (Phi) is 6.41. The third kappa shape index (κ3) is 4.52. The molecule has 6 aromatic rings. The van der Waals surface area contributed by atoms with Crippen molar-refractivity contribution in [1.29, 1.82) is 0 Å². The van der Waals surface area contributed by atoms with Crippen LogP contribution in [0.4, 0.5) is 0 Å². The third-order valence-corrected chi connectivity index (χ3v) is 6.55. The van der Waals surface area contributed by atoms with Gasteiger partial charge in [-0.25, -0.2) is 9.97 Å². The van der Waals surface area contributed by atoms with Gasteiger partial charge >= 0.3 is 0 Å². The van der Waals surface area contributed by atoms with E-state index in [9.17, 15) is 9.59 Å². The monoisotopic (exact) mass is 524 g/mol. The standard InChI is InChI=1S/C32H24N6O2/c1-21-33-27-19-11-9-17-25(27)31(39)37(21)35-29(23-13-5-3-6-14-23)30(24-15-7-4-8-16-24)36-38-22(2)34-28-20-12-10-18-26(28)32(38)40/h3-20H,1-2H3. The zero-order valence-electron chi connectivity index (χ0n) is 21.9. The van der Waals surface area contributed by atoms with Crippen LogP contribution in [-0.2, 0) is 0 Å². The number of fused-ring (bicyclic) bond motifs is 2. The summed E-state index contributed by atoms with van der Waals surface area (Å²) in [5.74, 6) is 0.843. The molecular weight excluding hydrogens is 500 g/mol. The molecule has 0 atom stereocenters. The second-order valence-corrected chi connectivity index (χ2v) is 9.22. The molecule has 2 heterocycles. The molecule has 0 amide bonds. The summed E-state index contributed by atoms with van der Waals surface area (Å²) >= 11 is 0. The predicted octanol–water partition coefficient (Wildman–Crippen LogP) is 4.93. The lowest BCUT2D eigenvalue weighted by Crippen LogP contribution is -2.28. The van der Waals surface area contributed by atoms with E-state index in [2.05, 4.69) is 9.97 Å². The van der Waals surface area contributed by atoms with E-state index >= 15 is 0 Å². The molecule has 8 heteroatoms. The average molecular weight is 525 g/mol. The van der Waals surface area contributed by atoms with E-state index in [1.807, 2.05) is 72.8 Å².